The fourth-order valence-electron chi connectivity index (χ4n) is 6.22. The van der Waals surface area contributed by atoms with Gasteiger partial charge in [-0.1, -0.05) is 18.2 Å². The predicted octanol–water partition coefficient (Wildman–Crippen LogP) is 3.15. The van der Waals surface area contributed by atoms with Crippen molar-refractivity contribution < 1.29 is 23.2 Å². The Bertz CT molecular complexity index is 1550. The Morgan fingerprint density at radius 1 is 1.07 bits per heavy atom. The first-order chi connectivity index (χ1) is 19.6. The van der Waals surface area contributed by atoms with E-state index in [4.69, 9.17) is 5.73 Å². The van der Waals surface area contributed by atoms with E-state index in [2.05, 4.69) is 5.32 Å². The minimum atomic E-state index is -0.951. The van der Waals surface area contributed by atoms with Gasteiger partial charge in [-0.3, -0.25) is 28.8 Å². The summed E-state index contributed by atoms with van der Waals surface area (Å²) in [5.41, 5.74) is 8.84. The van der Waals surface area contributed by atoms with E-state index >= 15 is 0 Å². The number of piperidine rings is 2. The van der Waals surface area contributed by atoms with Crippen LogP contribution in [-0.2, 0) is 34.3 Å². The van der Waals surface area contributed by atoms with Crippen molar-refractivity contribution in [3.8, 4) is 0 Å². The highest BCUT2D eigenvalue weighted by atomic mass is 35.5. The van der Waals surface area contributed by atoms with Crippen LogP contribution in [0.5, 0.6) is 0 Å². The number of nitrogens with zero attached hydrogens (tertiary/aromatic N) is 3. The number of likely N-dealkylation sites (tertiary alicyclic amines) is 1. The lowest BCUT2D eigenvalue weighted by molar-refractivity contribution is -0.136. The number of aryl methyl sites for hydroxylation is 2. The Morgan fingerprint density at radius 3 is 2.50 bits per heavy atom. The second-order valence-electron chi connectivity index (χ2n) is 11.2. The van der Waals surface area contributed by atoms with Crippen molar-refractivity contribution in [2.24, 2.45) is 18.7 Å². The molecule has 2 aromatic carbocycles. The molecule has 0 aliphatic carbocycles. The lowest BCUT2D eigenvalue weighted by Crippen LogP contribution is -2.48. The Hall–Kier alpha value is -3.57. The molecule has 2 aliphatic rings. The van der Waals surface area contributed by atoms with Crippen LogP contribution in [0.15, 0.2) is 41.2 Å². The summed E-state index contributed by atoms with van der Waals surface area (Å²) in [7, 11) is 1.71. The van der Waals surface area contributed by atoms with Gasteiger partial charge in [0.15, 0.2) is 11.6 Å². The molecule has 2 aliphatic heterocycles. The van der Waals surface area contributed by atoms with Gasteiger partial charge in [-0.15, -0.1) is 12.4 Å². The van der Waals surface area contributed by atoms with Gasteiger partial charge in [0.05, 0.1) is 17.1 Å². The zero-order valence-corrected chi connectivity index (χ0v) is 24.3. The molecule has 0 radical (unpaired) electrons. The molecule has 2 atom stereocenters. The molecule has 2 saturated heterocycles. The van der Waals surface area contributed by atoms with Crippen LogP contribution in [0, 0.1) is 17.6 Å². The smallest absolute Gasteiger partial charge is 0.329 e. The maximum atomic E-state index is 13.5. The maximum Gasteiger partial charge on any atom is 0.329 e. The van der Waals surface area contributed by atoms with Crippen molar-refractivity contribution in [3.63, 3.8) is 0 Å². The standard InChI is InChI=1S/C30H35F2N5O4.ClH/c1-35-27-20(6-3-7-24(27)37(30(35)41)25-10-11-26(38)34-28(25)39)5-2-4-18-12-14-36(15-13-18)29(40)23(33)17-19-8-9-21(31)22(32)16-19;/h3,6-9,16,18,23,25H,2,4-5,10-15,17,33H2,1H3,(H,34,38,39);1H/t23-,25?;/m0./s1. The van der Waals surface area contributed by atoms with Crippen LogP contribution in [-0.4, -0.2) is 50.9 Å². The van der Waals surface area contributed by atoms with Crippen LogP contribution >= 0.6 is 12.4 Å². The van der Waals surface area contributed by atoms with Gasteiger partial charge in [-0.2, -0.15) is 0 Å². The van der Waals surface area contributed by atoms with Gasteiger partial charge < -0.3 is 10.6 Å². The summed E-state index contributed by atoms with van der Waals surface area (Å²) in [6.45, 7) is 1.21. The summed E-state index contributed by atoms with van der Waals surface area (Å²) in [4.78, 5) is 51.9. The Morgan fingerprint density at radius 2 is 1.81 bits per heavy atom. The number of fused-ring (bicyclic) bond motifs is 1. The van der Waals surface area contributed by atoms with Crippen LogP contribution in [0.1, 0.15) is 55.7 Å². The number of hydrogen-bond acceptors (Lipinski definition) is 5. The Kier molecular flexibility index (Phi) is 9.83. The van der Waals surface area contributed by atoms with E-state index < -0.39 is 29.6 Å². The highest BCUT2D eigenvalue weighted by molar-refractivity contribution is 6.00. The molecule has 226 valence electrons. The number of rotatable bonds is 8. The van der Waals surface area contributed by atoms with E-state index in [9.17, 15) is 28.0 Å². The lowest BCUT2D eigenvalue weighted by atomic mass is 9.90. The summed E-state index contributed by atoms with van der Waals surface area (Å²) >= 11 is 0. The van der Waals surface area contributed by atoms with Gasteiger partial charge >= 0.3 is 5.69 Å². The number of nitrogens with one attached hydrogen (secondary N) is 1. The van der Waals surface area contributed by atoms with Crippen molar-refractivity contribution in [2.45, 2.75) is 63.5 Å². The minimum Gasteiger partial charge on any atom is -0.341 e. The first-order valence-electron chi connectivity index (χ1n) is 14.1. The first-order valence-corrected chi connectivity index (χ1v) is 14.1. The van der Waals surface area contributed by atoms with Gasteiger partial charge in [0.1, 0.15) is 6.04 Å². The average Bonchev–Trinajstić information content (AvgIpc) is 3.21. The van der Waals surface area contributed by atoms with Gasteiger partial charge in [-0.05, 0) is 80.2 Å². The molecule has 12 heteroatoms. The molecule has 9 nitrogen and oxygen atoms in total. The second kappa shape index (κ2) is 13.2. The van der Waals surface area contributed by atoms with E-state index in [1.165, 1.54) is 10.6 Å². The van der Waals surface area contributed by atoms with Crippen LogP contribution in [0.4, 0.5) is 8.78 Å². The van der Waals surface area contributed by atoms with Crippen molar-refractivity contribution >= 4 is 41.2 Å². The molecule has 2 fully saturated rings. The number of amides is 3. The summed E-state index contributed by atoms with van der Waals surface area (Å²) in [5, 5.41) is 2.34. The highest BCUT2D eigenvalue weighted by Crippen LogP contribution is 2.28. The molecule has 0 bridgehead atoms. The number of aromatic nitrogens is 2. The summed E-state index contributed by atoms with van der Waals surface area (Å²) in [6, 6.07) is 7.79. The van der Waals surface area contributed by atoms with Crippen molar-refractivity contribution in [1.29, 1.82) is 0 Å². The molecular formula is C30H36ClF2N5O4. The molecule has 1 aromatic heterocycles. The average molecular weight is 604 g/mol. The van der Waals surface area contributed by atoms with Crippen LogP contribution < -0.4 is 16.7 Å². The summed E-state index contributed by atoms with van der Waals surface area (Å²) < 4.78 is 29.8. The molecule has 3 heterocycles. The Labute approximate surface area is 248 Å². The largest absolute Gasteiger partial charge is 0.341 e. The number of imide groups is 1. The molecule has 1 unspecified atom stereocenters. The molecule has 0 spiro atoms. The molecule has 0 saturated carbocycles. The van der Waals surface area contributed by atoms with Crippen molar-refractivity contribution in [1.82, 2.24) is 19.4 Å². The van der Waals surface area contributed by atoms with Crippen LogP contribution in [0.2, 0.25) is 0 Å². The number of halogens is 3. The number of carbonyl (C=O) groups excluding carboxylic acids is 3. The quantitative estimate of drug-likeness (QED) is 0.384. The topological polar surface area (TPSA) is 119 Å². The number of benzene rings is 2. The fourth-order valence-corrected chi connectivity index (χ4v) is 6.22. The second-order valence-corrected chi connectivity index (χ2v) is 11.2. The molecule has 3 N–H and O–H groups in total. The summed E-state index contributed by atoms with van der Waals surface area (Å²) in [5.74, 6) is -2.37. The van der Waals surface area contributed by atoms with E-state index in [1.807, 2.05) is 18.2 Å². The molecule has 3 aromatic rings. The Balaban J connectivity index is 0.00000405. The third-order valence-corrected chi connectivity index (χ3v) is 8.45. The monoisotopic (exact) mass is 603 g/mol. The van der Waals surface area contributed by atoms with Crippen LogP contribution in [0.3, 0.4) is 0 Å². The van der Waals surface area contributed by atoms with Gasteiger partial charge in [0, 0.05) is 26.6 Å². The molecule has 5 rings (SSSR count). The third kappa shape index (κ3) is 6.42. The highest BCUT2D eigenvalue weighted by Gasteiger charge is 2.32. The number of hydrogen-bond donors (Lipinski definition) is 2. The van der Waals surface area contributed by atoms with E-state index in [1.54, 1.807) is 16.5 Å². The van der Waals surface area contributed by atoms with E-state index in [0.717, 1.165) is 55.3 Å². The van der Waals surface area contributed by atoms with Gasteiger partial charge in [0.2, 0.25) is 17.7 Å². The SMILES string of the molecule is Cl.Cn1c(=O)n(C2CCC(=O)NC2=O)c2cccc(CCCC3CCN(C(=O)[C@@H](N)Cc4ccc(F)c(F)c4)CC3)c21. The number of nitrogens with two attached hydrogens (primary N) is 1. The number of imidazole rings is 1. The van der Waals surface area contributed by atoms with Gasteiger partial charge in [0.25, 0.3) is 0 Å². The molecule has 42 heavy (non-hydrogen) atoms. The molecular weight excluding hydrogens is 568 g/mol. The number of carbonyl (C=O) groups is 3. The number of para-hydroxylation sites is 1. The normalized spacial score (nSPS) is 18.6. The van der Waals surface area contributed by atoms with E-state index in [0.29, 0.717) is 36.5 Å². The third-order valence-electron chi connectivity index (χ3n) is 8.45. The minimum absolute atomic E-state index is 0. The van der Waals surface area contributed by atoms with Crippen LogP contribution in [0.25, 0.3) is 11.0 Å². The predicted molar refractivity (Wildman–Crippen MR) is 156 cm³/mol. The van der Waals surface area contributed by atoms with Gasteiger partial charge in [-0.25, -0.2) is 13.6 Å². The zero-order chi connectivity index (χ0) is 29.3. The first kappa shape index (κ1) is 31.4. The van der Waals surface area contributed by atoms with Crippen molar-refractivity contribution in [2.75, 3.05) is 13.1 Å². The zero-order valence-electron chi connectivity index (χ0n) is 23.5. The summed E-state index contributed by atoms with van der Waals surface area (Å²) in [6.07, 6.45) is 5.01. The maximum absolute atomic E-state index is 13.5. The molecule has 3 amide bonds. The fraction of sp³-hybridized carbons (Fsp3) is 0.467. The van der Waals surface area contributed by atoms with E-state index in [-0.39, 0.29) is 42.8 Å². The lowest BCUT2D eigenvalue weighted by Gasteiger charge is -2.33. The van der Waals surface area contributed by atoms with Crippen molar-refractivity contribution in [3.05, 3.63) is 69.6 Å².